The molecule has 4 rings (SSSR count). The molecule has 0 fully saturated rings. The van der Waals surface area contributed by atoms with E-state index in [1.165, 1.54) is 60.3 Å². The Bertz CT molecular complexity index is 1550. The van der Waals surface area contributed by atoms with E-state index in [-0.39, 0.29) is 21.8 Å². The zero-order valence-electron chi connectivity index (χ0n) is 18.4. The van der Waals surface area contributed by atoms with E-state index in [0.29, 0.717) is 10.9 Å². The van der Waals surface area contributed by atoms with Gasteiger partial charge in [0.1, 0.15) is 6.54 Å². The molecule has 35 heavy (non-hydrogen) atoms. The van der Waals surface area contributed by atoms with Crippen molar-refractivity contribution in [2.75, 3.05) is 18.0 Å². The number of nitro groups is 1. The van der Waals surface area contributed by atoms with Crippen LogP contribution in [0.3, 0.4) is 0 Å². The second kappa shape index (κ2) is 9.39. The molecule has 1 heterocycles. The predicted octanol–water partition coefficient (Wildman–Crippen LogP) is 3.87. The first-order valence-electron chi connectivity index (χ1n) is 10.3. The van der Waals surface area contributed by atoms with Crippen molar-refractivity contribution < 1.29 is 27.7 Å². The number of rotatable bonds is 7. The molecule has 10 nitrogen and oxygen atoms in total. The fourth-order valence-electron chi connectivity index (χ4n) is 3.65. The first-order valence-corrected chi connectivity index (χ1v) is 11.7. The Kier molecular flexibility index (Phi) is 6.34. The highest BCUT2D eigenvalue weighted by atomic mass is 32.2. The Morgan fingerprint density at radius 1 is 1.00 bits per heavy atom. The Labute approximate surface area is 200 Å². The lowest BCUT2D eigenvalue weighted by atomic mass is 10.2. The van der Waals surface area contributed by atoms with Gasteiger partial charge in [-0.15, -0.1) is 0 Å². The second-order valence-corrected chi connectivity index (χ2v) is 9.28. The van der Waals surface area contributed by atoms with E-state index in [1.807, 2.05) is 0 Å². The third-order valence-corrected chi connectivity index (χ3v) is 7.11. The number of hydrogen-bond donors (Lipinski definition) is 0. The topological polar surface area (TPSA) is 129 Å². The summed E-state index contributed by atoms with van der Waals surface area (Å²) < 4.78 is 33.8. The van der Waals surface area contributed by atoms with Crippen molar-refractivity contribution in [3.63, 3.8) is 0 Å². The molecule has 0 aliphatic carbocycles. The Morgan fingerprint density at radius 3 is 2.37 bits per heavy atom. The number of non-ortho nitro benzene ring substituents is 1. The average molecular weight is 493 g/mol. The third-order valence-electron chi connectivity index (χ3n) is 5.32. The van der Waals surface area contributed by atoms with E-state index < -0.39 is 33.4 Å². The number of benzene rings is 3. The van der Waals surface area contributed by atoms with Crippen LogP contribution < -0.4 is 4.31 Å². The average Bonchev–Trinajstić information content (AvgIpc) is 3.27. The summed E-state index contributed by atoms with van der Waals surface area (Å²) in [6.45, 7) is -0.683. The Hall–Kier alpha value is -4.51. The van der Waals surface area contributed by atoms with E-state index in [9.17, 15) is 28.1 Å². The molecule has 0 unspecified atom stereocenters. The number of para-hydroxylation sites is 1. The van der Waals surface area contributed by atoms with Crippen LogP contribution >= 0.6 is 0 Å². The first kappa shape index (κ1) is 23.6. The van der Waals surface area contributed by atoms with E-state index in [2.05, 4.69) is 0 Å². The van der Waals surface area contributed by atoms with E-state index >= 15 is 0 Å². The van der Waals surface area contributed by atoms with Crippen molar-refractivity contribution in [1.29, 1.82) is 0 Å². The maximum atomic E-state index is 13.5. The van der Waals surface area contributed by atoms with Crippen LogP contribution in [0.4, 0.5) is 11.4 Å². The lowest BCUT2D eigenvalue weighted by Gasteiger charge is -2.24. The highest BCUT2D eigenvalue weighted by Crippen LogP contribution is 2.28. The summed E-state index contributed by atoms with van der Waals surface area (Å²) in [5.74, 6) is -1.33. The minimum Gasteiger partial charge on any atom is -0.465 e. The minimum atomic E-state index is -4.28. The molecular weight excluding hydrogens is 474 g/mol. The molecular formula is C24H19N3O7S. The van der Waals surface area contributed by atoms with Crippen molar-refractivity contribution in [2.24, 2.45) is 0 Å². The molecule has 0 amide bonds. The van der Waals surface area contributed by atoms with Gasteiger partial charge < -0.3 is 4.74 Å². The lowest BCUT2D eigenvalue weighted by Crippen LogP contribution is -2.37. The number of aromatic nitrogens is 1. The number of hydrogen-bond acceptors (Lipinski definition) is 7. The molecule has 0 aliphatic heterocycles. The number of nitrogens with zero attached hydrogens (tertiary/aromatic N) is 3. The molecule has 0 saturated carbocycles. The van der Waals surface area contributed by atoms with E-state index in [1.54, 1.807) is 30.3 Å². The van der Waals surface area contributed by atoms with Crippen molar-refractivity contribution >= 4 is 44.2 Å². The summed E-state index contributed by atoms with van der Waals surface area (Å²) >= 11 is 0. The first-order chi connectivity index (χ1) is 16.7. The number of methoxy groups -OCH3 is 1. The summed E-state index contributed by atoms with van der Waals surface area (Å²) in [6.07, 6.45) is 1.29. The summed E-state index contributed by atoms with van der Waals surface area (Å²) in [6, 6.07) is 19.1. The SMILES string of the molecule is COC(=O)c1cn(C(=O)CN(c2cccc([N+](=O)[O-])c2)S(=O)(=O)c2ccccc2)c2ccccc12. The number of carbonyl (C=O) groups is 2. The highest BCUT2D eigenvalue weighted by molar-refractivity contribution is 7.92. The lowest BCUT2D eigenvalue weighted by molar-refractivity contribution is -0.384. The molecule has 4 aromatic rings. The predicted molar refractivity (Wildman–Crippen MR) is 128 cm³/mol. The van der Waals surface area contributed by atoms with Crippen LogP contribution in [0.25, 0.3) is 10.9 Å². The number of ether oxygens (including phenoxy) is 1. The van der Waals surface area contributed by atoms with Gasteiger partial charge in [0, 0.05) is 23.7 Å². The number of esters is 1. The smallest absolute Gasteiger partial charge is 0.340 e. The highest BCUT2D eigenvalue weighted by Gasteiger charge is 2.29. The molecule has 178 valence electrons. The number of anilines is 1. The monoisotopic (exact) mass is 493 g/mol. The van der Waals surface area contributed by atoms with Crippen LogP contribution in [0.2, 0.25) is 0 Å². The van der Waals surface area contributed by atoms with Crippen LogP contribution in [0.5, 0.6) is 0 Å². The van der Waals surface area contributed by atoms with Gasteiger partial charge in [-0.05, 0) is 24.3 Å². The molecule has 11 heteroatoms. The molecule has 0 saturated heterocycles. The fourth-order valence-corrected chi connectivity index (χ4v) is 5.08. The van der Waals surface area contributed by atoms with Crippen LogP contribution in [0.1, 0.15) is 15.2 Å². The number of fused-ring (bicyclic) bond motifs is 1. The number of nitro benzene ring substituents is 1. The zero-order valence-corrected chi connectivity index (χ0v) is 19.2. The quantitative estimate of drug-likeness (QED) is 0.217. The van der Waals surface area contributed by atoms with Crippen molar-refractivity contribution in [1.82, 2.24) is 4.57 Å². The van der Waals surface area contributed by atoms with Gasteiger partial charge in [0.2, 0.25) is 0 Å². The zero-order chi connectivity index (χ0) is 25.2. The standard InChI is InChI=1S/C24H19N3O7S/c1-34-24(29)21-15-25(22-13-6-5-12-20(21)22)23(28)16-26(17-8-7-9-18(14-17)27(30)31)35(32,33)19-10-3-2-4-11-19/h2-15H,16H2,1H3. The van der Waals surface area contributed by atoms with Gasteiger partial charge in [0.25, 0.3) is 21.6 Å². The summed E-state index contributed by atoms with van der Waals surface area (Å²) in [4.78, 5) is 36.2. The number of sulfonamides is 1. The van der Waals surface area contributed by atoms with Crippen molar-refractivity contribution in [2.45, 2.75) is 4.90 Å². The second-order valence-electron chi connectivity index (χ2n) is 7.42. The normalized spacial score (nSPS) is 11.2. The van der Waals surface area contributed by atoms with Crippen molar-refractivity contribution in [3.05, 3.63) is 101 Å². The molecule has 0 aliphatic rings. The minimum absolute atomic E-state index is 0.0546. The van der Waals surface area contributed by atoms with Gasteiger partial charge in [0.05, 0.1) is 33.7 Å². The number of carbonyl (C=O) groups excluding carboxylic acids is 2. The van der Waals surface area contributed by atoms with E-state index in [4.69, 9.17) is 4.74 Å². The van der Waals surface area contributed by atoms with Gasteiger partial charge in [0.15, 0.2) is 0 Å². The van der Waals surface area contributed by atoms with Gasteiger partial charge in [-0.25, -0.2) is 13.2 Å². The van der Waals surface area contributed by atoms with Gasteiger partial charge >= 0.3 is 5.97 Å². The molecule has 1 aromatic heterocycles. The fraction of sp³-hybridized carbons (Fsp3) is 0.0833. The summed E-state index contributed by atoms with van der Waals surface area (Å²) in [7, 11) is -3.07. The van der Waals surface area contributed by atoms with Crippen LogP contribution in [-0.4, -0.2) is 43.4 Å². The molecule has 3 aromatic carbocycles. The Morgan fingerprint density at radius 2 is 1.69 bits per heavy atom. The maximum absolute atomic E-state index is 13.5. The molecule has 0 spiro atoms. The summed E-state index contributed by atoms with van der Waals surface area (Å²) in [5.41, 5.74) is 0.141. The van der Waals surface area contributed by atoms with E-state index in [0.717, 1.165) is 10.4 Å². The van der Waals surface area contributed by atoms with Crippen molar-refractivity contribution in [3.8, 4) is 0 Å². The maximum Gasteiger partial charge on any atom is 0.340 e. The van der Waals surface area contributed by atoms with Gasteiger partial charge in [-0.1, -0.05) is 42.5 Å². The Balaban J connectivity index is 1.83. The molecule has 0 N–H and O–H groups in total. The summed E-state index contributed by atoms with van der Waals surface area (Å²) in [5, 5.41) is 11.8. The van der Waals surface area contributed by atoms with Gasteiger partial charge in [-0.3, -0.25) is 23.8 Å². The van der Waals surface area contributed by atoms with Crippen LogP contribution in [0, 0.1) is 10.1 Å². The van der Waals surface area contributed by atoms with Crippen LogP contribution in [-0.2, 0) is 14.8 Å². The molecule has 0 radical (unpaired) electrons. The van der Waals surface area contributed by atoms with Gasteiger partial charge in [-0.2, -0.15) is 0 Å². The largest absolute Gasteiger partial charge is 0.465 e. The third kappa shape index (κ3) is 4.49. The van der Waals surface area contributed by atoms with Crippen LogP contribution in [0.15, 0.2) is 90.0 Å². The molecule has 0 bridgehead atoms. The molecule has 0 atom stereocenters.